The van der Waals surface area contributed by atoms with Crippen LogP contribution in [0.4, 0.5) is 18.9 Å². The third kappa shape index (κ3) is 7.25. The number of para-hydroxylation sites is 1. The van der Waals surface area contributed by atoms with Crippen molar-refractivity contribution in [2.45, 2.75) is 32.6 Å². The number of nitrogens with one attached hydrogen (secondary N) is 2. The highest BCUT2D eigenvalue weighted by molar-refractivity contribution is 5.91. The van der Waals surface area contributed by atoms with Crippen molar-refractivity contribution in [1.82, 2.24) is 5.32 Å². The van der Waals surface area contributed by atoms with Crippen molar-refractivity contribution in [2.75, 3.05) is 18.5 Å². The Kier molecular flexibility index (Phi) is 8.54. The van der Waals surface area contributed by atoms with E-state index >= 15 is 0 Å². The van der Waals surface area contributed by atoms with Crippen LogP contribution in [0.15, 0.2) is 72.8 Å². The highest BCUT2D eigenvalue weighted by atomic mass is 19.4. The molecule has 0 saturated carbocycles. The number of carbonyl (C=O) groups is 1. The molecule has 3 aromatic rings. The van der Waals surface area contributed by atoms with E-state index in [1.165, 1.54) is 6.07 Å². The Morgan fingerprint density at radius 3 is 2.41 bits per heavy atom. The van der Waals surface area contributed by atoms with Gasteiger partial charge in [0.2, 0.25) is 0 Å². The van der Waals surface area contributed by atoms with Crippen LogP contribution in [0.1, 0.15) is 36.6 Å². The van der Waals surface area contributed by atoms with E-state index in [0.29, 0.717) is 35.9 Å². The molecule has 0 saturated heterocycles. The third-order valence-electron chi connectivity index (χ3n) is 5.05. The van der Waals surface area contributed by atoms with Gasteiger partial charge in [-0.1, -0.05) is 36.4 Å². The molecule has 5 nitrogen and oxygen atoms in total. The summed E-state index contributed by atoms with van der Waals surface area (Å²) < 4.78 is 50.3. The topological polar surface area (TPSA) is 59.6 Å². The molecular formula is C26H27F3N2O3. The Balaban J connectivity index is 1.60. The predicted molar refractivity (Wildman–Crippen MR) is 125 cm³/mol. The number of benzene rings is 3. The molecule has 1 atom stereocenters. The van der Waals surface area contributed by atoms with Crippen LogP contribution in [0, 0.1) is 0 Å². The molecule has 0 aromatic heterocycles. The molecule has 3 rings (SSSR count). The lowest BCUT2D eigenvalue weighted by Gasteiger charge is -2.17. The number of anilines is 1. The summed E-state index contributed by atoms with van der Waals surface area (Å²) in [5.74, 6) is 0.620. The third-order valence-corrected chi connectivity index (χ3v) is 5.05. The van der Waals surface area contributed by atoms with Crippen LogP contribution in [-0.2, 0) is 17.5 Å². The van der Waals surface area contributed by atoms with Crippen LogP contribution < -0.4 is 20.1 Å². The first kappa shape index (κ1) is 25.1. The summed E-state index contributed by atoms with van der Waals surface area (Å²) in [7, 11) is 0. The molecule has 3 aromatic carbocycles. The monoisotopic (exact) mass is 472 g/mol. The van der Waals surface area contributed by atoms with E-state index in [4.69, 9.17) is 9.47 Å². The smallest absolute Gasteiger partial charge is 0.416 e. The molecule has 34 heavy (non-hydrogen) atoms. The first-order valence-corrected chi connectivity index (χ1v) is 10.9. The lowest BCUT2D eigenvalue weighted by molar-refractivity contribution is -0.137. The van der Waals surface area contributed by atoms with E-state index in [1.807, 2.05) is 38.1 Å². The van der Waals surface area contributed by atoms with Crippen LogP contribution in [0.25, 0.3) is 0 Å². The standard InChI is InChI=1S/C26H27F3N2O3/c1-3-33-24-14-19(16-30-18(2)20-8-7-9-21(15-20)26(27,28)29)12-13-23(24)34-17-25(32)31-22-10-5-4-6-11-22/h4-15,18,30H,3,16-17H2,1-2H3,(H,31,32). The summed E-state index contributed by atoms with van der Waals surface area (Å²) in [5.41, 5.74) is 1.42. The Hall–Kier alpha value is -3.52. The average Bonchev–Trinajstić information content (AvgIpc) is 2.82. The van der Waals surface area contributed by atoms with E-state index in [-0.39, 0.29) is 18.6 Å². The summed E-state index contributed by atoms with van der Waals surface area (Å²) in [6, 6.07) is 19.4. The molecule has 2 N–H and O–H groups in total. The van der Waals surface area contributed by atoms with Crippen molar-refractivity contribution in [3.8, 4) is 11.5 Å². The molecule has 0 aliphatic heterocycles. The van der Waals surface area contributed by atoms with Gasteiger partial charge in [-0.15, -0.1) is 0 Å². The Morgan fingerprint density at radius 2 is 1.71 bits per heavy atom. The summed E-state index contributed by atoms with van der Waals surface area (Å²) in [6.45, 7) is 4.28. The van der Waals surface area contributed by atoms with Gasteiger partial charge in [-0.2, -0.15) is 13.2 Å². The molecule has 180 valence electrons. The van der Waals surface area contributed by atoms with Crippen molar-refractivity contribution in [3.05, 3.63) is 89.5 Å². The SMILES string of the molecule is CCOc1cc(CNC(C)c2cccc(C(F)(F)F)c2)ccc1OCC(=O)Nc1ccccc1. The Morgan fingerprint density at radius 1 is 0.941 bits per heavy atom. The first-order chi connectivity index (χ1) is 16.3. The van der Waals surface area contributed by atoms with Gasteiger partial charge in [0.15, 0.2) is 18.1 Å². The lowest BCUT2D eigenvalue weighted by atomic mass is 10.0. The van der Waals surface area contributed by atoms with Crippen LogP contribution in [0.3, 0.4) is 0 Å². The maximum absolute atomic E-state index is 13.0. The normalized spacial score (nSPS) is 12.1. The molecule has 1 amide bonds. The van der Waals surface area contributed by atoms with Gasteiger partial charge in [-0.05, 0) is 61.4 Å². The highest BCUT2D eigenvalue weighted by Crippen LogP contribution is 2.31. The molecule has 0 spiro atoms. The quantitative estimate of drug-likeness (QED) is 0.382. The molecular weight excluding hydrogens is 445 g/mol. The van der Waals surface area contributed by atoms with E-state index in [9.17, 15) is 18.0 Å². The van der Waals surface area contributed by atoms with E-state index in [1.54, 1.807) is 30.3 Å². The molecule has 0 heterocycles. The fourth-order valence-electron chi connectivity index (χ4n) is 3.28. The van der Waals surface area contributed by atoms with Gasteiger partial charge < -0.3 is 20.1 Å². The zero-order valence-corrected chi connectivity index (χ0v) is 19.0. The maximum Gasteiger partial charge on any atom is 0.416 e. The number of rotatable bonds is 10. The maximum atomic E-state index is 13.0. The van der Waals surface area contributed by atoms with Crippen molar-refractivity contribution in [1.29, 1.82) is 0 Å². The number of ether oxygens (including phenoxy) is 2. The number of carbonyl (C=O) groups excluding carboxylic acids is 1. The number of halogens is 3. The van der Waals surface area contributed by atoms with Gasteiger partial charge in [0.05, 0.1) is 12.2 Å². The van der Waals surface area contributed by atoms with Gasteiger partial charge in [-0.25, -0.2) is 0 Å². The van der Waals surface area contributed by atoms with Crippen molar-refractivity contribution < 1.29 is 27.4 Å². The van der Waals surface area contributed by atoms with E-state index in [2.05, 4.69) is 10.6 Å². The average molecular weight is 473 g/mol. The molecule has 0 bridgehead atoms. The number of hydrogen-bond donors (Lipinski definition) is 2. The highest BCUT2D eigenvalue weighted by Gasteiger charge is 2.30. The zero-order valence-electron chi connectivity index (χ0n) is 19.0. The van der Waals surface area contributed by atoms with E-state index in [0.717, 1.165) is 17.7 Å². The number of alkyl halides is 3. The second kappa shape index (κ2) is 11.6. The van der Waals surface area contributed by atoms with Crippen molar-refractivity contribution in [2.24, 2.45) is 0 Å². The van der Waals surface area contributed by atoms with Gasteiger partial charge in [-0.3, -0.25) is 4.79 Å². The summed E-state index contributed by atoms with van der Waals surface area (Å²) in [5, 5.41) is 5.98. The van der Waals surface area contributed by atoms with Crippen LogP contribution in [0.2, 0.25) is 0 Å². The number of hydrogen-bond acceptors (Lipinski definition) is 4. The second-order valence-corrected chi connectivity index (χ2v) is 7.64. The van der Waals surface area contributed by atoms with Crippen molar-refractivity contribution >= 4 is 11.6 Å². The van der Waals surface area contributed by atoms with Crippen molar-refractivity contribution in [3.63, 3.8) is 0 Å². The number of amides is 1. The van der Waals surface area contributed by atoms with E-state index < -0.39 is 11.7 Å². The van der Waals surface area contributed by atoms with Gasteiger partial charge in [0.1, 0.15) is 0 Å². The summed E-state index contributed by atoms with van der Waals surface area (Å²) in [4.78, 5) is 12.2. The molecule has 1 unspecified atom stereocenters. The van der Waals surface area contributed by atoms with Crippen LogP contribution >= 0.6 is 0 Å². The first-order valence-electron chi connectivity index (χ1n) is 10.9. The summed E-state index contributed by atoms with van der Waals surface area (Å²) >= 11 is 0. The Bertz CT molecular complexity index is 1090. The minimum atomic E-state index is -4.38. The molecule has 8 heteroatoms. The van der Waals surface area contributed by atoms with Crippen LogP contribution in [0.5, 0.6) is 11.5 Å². The predicted octanol–water partition coefficient (Wildman–Crippen LogP) is 5.97. The minimum absolute atomic E-state index is 0.181. The van der Waals surface area contributed by atoms with Crippen LogP contribution in [-0.4, -0.2) is 19.1 Å². The Labute approximate surface area is 196 Å². The van der Waals surface area contributed by atoms with Gasteiger partial charge >= 0.3 is 6.18 Å². The zero-order chi connectivity index (χ0) is 24.6. The molecule has 0 fully saturated rings. The second-order valence-electron chi connectivity index (χ2n) is 7.64. The molecule has 0 aliphatic carbocycles. The largest absolute Gasteiger partial charge is 0.490 e. The molecule has 0 aliphatic rings. The molecule has 0 radical (unpaired) electrons. The lowest BCUT2D eigenvalue weighted by Crippen LogP contribution is -2.20. The summed E-state index contributed by atoms with van der Waals surface area (Å²) in [6.07, 6.45) is -4.38. The fraction of sp³-hybridized carbons (Fsp3) is 0.269. The fourth-order valence-corrected chi connectivity index (χ4v) is 3.28. The minimum Gasteiger partial charge on any atom is -0.490 e. The van der Waals surface area contributed by atoms with Gasteiger partial charge in [0, 0.05) is 18.3 Å². The van der Waals surface area contributed by atoms with Gasteiger partial charge in [0.25, 0.3) is 5.91 Å².